The zero-order valence-corrected chi connectivity index (χ0v) is 34.3. The summed E-state index contributed by atoms with van der Waals surface area (Å²) in [6.45, 7) is 26.3. The Hall–Kier alpha value is -4.44. The Kier molecular flexibility index (Phi) is 6.72. The highest BCUT2D eigenvalue weighted by atomic mass is 16.3. The van der Waals surface area contributed by atoms with Crippen LogP contribution >= 0.6 is 0 Å². The van der Waals surface area contributed by atoms with Crippen LogP contribution < -0.4 is 20.6 Å². The zero-order valence-electron chi connectivity index (χ0n) is 34.3. The van der Waals surface area contributed by atoms with Gasteiger partial charge in [-0.1, -0.05) is 137 Å². The minimum absolute atomic E-state index is 0.00264. The number of hydrogen-bond acceptors (Lipinski definition) is 3. The molecule has 10 rings (SSSR count). The number of hydrogen-bond donors (Lipinski definition) is 0. The van der Waals surface area contributed by atoms with E-state index in [1.165, 1.54) is 97.9 Å². The predicted octanol–water partition coefficient (Wildman–Crippen LogP) is 12.5. The summed E-state index contributed by atoms with van der Waals surface area (Å²) >= 11 is 0. The highest BCUT2D eigenvalue weighted by Gasteiger charge is 2.62. The smallest absolute Gasteiger partial charge is 0.333 e. The van der Waals surface area contributed by atoms with Gasteiger partial charge in [-0.05, 0) is 99.5 Å². The summed E-state index contributed by atoms with van der Waals surface area (Å²) in [5.41, 5.74) is 18.3. The van der Waals surface area contributed by atoms with Crippen LogP contribution in [0.1, 0.15) is 124 Å². The summed E-state index contributed by atoms with van der Waals surface area (Å²) in [4.78, 5) is 5.57. The van der Waals surface area contributed by atoms with Crippen molar-refractivity contribution in [3.8, 4) is 11.1 Å². The van der Waals surface area contributed by atoms with Crippen molar-refractivity contribution in [3.63, 3.8) is 0 Å². The summed E-state index contributed by atoms with van der Waals surface area (Å²) in [5, 5.41) is 2.41. The van der Waals surface area contributed by atoms with E-state index in [0.29, 0.717) is 0 Å². The Labute approximate surface area is 322 Å². The van der Waals surface area contributed by atoms with Gasteiger partial charge in [0.15, 0.2) is 0 Å². The van der Waals surface area contributed by atoms with Gasteiger partial charge in [0, 0.05) is 50.1 Å². The van der Waals surface area contributed by atoms with E-state index in [0.717, 1.165) is 11.2 Å². The van der Waals surface area contributed by atoms with Gasteiger partial charge < -0.3 is 14.1 Å². The van der Waals surface area contributed by atoms with Crippen molar-refractivity contribution in [2.24, 2.45) is 0 Å². The number of furan rings is 1. The Bertz CT molecular complexity index is 2560. The maximum absolute atomic E-state index is 7.03. The molecule has 3 aliphatic heterocycles. The molecule has 6 aromatic rings. The largest absolute Gasteiger partial charge is 0.455 e. The fourth-order valence-electron chi connectivity index (χ4n) is 10.8. The maximum Gasteiger partial charge on any atom is 0.333 e. The van der Waals surface area contributed by atoms with Gasteiger partial charge in [-0.2, -0.15) is 0 Å². The quantitative estimate of drug-likeness (QED) is 0.158. The van der Waals surface area contributed by atoms with Crippen LogP contribution in [0.2, 0.25) is 0 Å². The first kappa shape index (κ1) is 34.1. The molecule has 0 radical (unpaired) electrons. The lowest BCUT2D eigenvalue weighted by Gasteiger charge is -2.53. The molecule has 1 fully saturated rings. The molecule has 0 saturated heterocycles. The lowest BCUT2D eigenvalue weighted by atomic mass is 9.43. The van der Waals surface area contributed by atoms with Crippen molar-refractivity contribution in [2.45, 2.75) is 129 Å². The molecule has 4 heteroatoms. The van der Waals surface area contributed by atoms with Gasteiger partial charge in [0.2, 0.25) is 0 Å². The number of fused-ring (bicyclic) bond motifs is 11. The summed E-state index contributed by atoms with van der Waals surface area (Å²) in [6, 6.07) is 33.2. The topological polar surface area (TPSA) is 19.6 Å². The Morgan fingerprint density at radius 2 is 1.31 bits per heavy atom. The van der Waals surface area contributed by atoms with E-state index in [1.807, 2.05) is 0 Å². The summed E-state index contributed by atoms with van der Waals surface area (Å²) in [7, 11) is 0. The van der Waals surface area contributed by atoms with Crippen LogP contribution in [-0.2, 0) is 21.7 Å². The molecular weight excluding hydrogens is 655 g/mol. The molecule has 1 aliphatic carbocycles. The average molecular weight is 711 g/mol. The molecule has 5 aromatic carbocycles. The predicted molar refractivity (Wildman–Crippen MR) is 232 cm³/mol. The first-order valence-corrected chi connectivity index (χ1v) is 20.4. The van der Waals surface area contributed by atoms with Gasteiger partial charge in [0.05, 0.1) is 5.54 Å². The fraction of sp³-hybridized carbons (Fsp3) is 0.400. The first-order chi connectivity index (χ1) is 25.4. The van der Waals surface area contributed by atoms with E-state index in [9.17, 15) is 0 Å². The molecular formula is C50H55BN2O. The van der Waals surface area contributed by atoms with E-state index in [1.54, 1.807) is 5.56 Å². The molecule has 4 heterocycles. The van der Waals surface area contributed by atoms with Gasteiger partial charge in [0.25, 0.3) is 0 Å². The highest BCUT2D eigenvalue weighted by Crippen LogP contribution is 2.63. The molecule has 0 spiro atoms. The maximum atomic E-state index is 7.03. The van der Waals surface area contributed by atoms with E-state index >= 15 is 0 Å². The second kappa shape index (κ2) is 10.7. The monoisotopic (exact) mass is 710 g/mol. The van der Waals surface area contributed by atoms with Crippen molar-refractivity contribution >= 4 is 62.5 Å². The van der Waals surface area contributed by atoms with Crippen LogP contribution in [0.4, 0.5) is 22.7 Å². The van der Waals surface area contributed by atoms with Gasteiger partial charge >= 0.3 is 6.85 Å². The second-order valence-electron chi connectivity index (χ2n) is 20.6. The number of nitrogens with zero attached hydrogens (tertiary/aromatic N) is 2. The van der Waals surface area contributed by atoms with Crippen LogP contribution in [0.3, 0.4) is 0 Å². The molecule has 0 amide bonds. The van der Waals surface area contributed by atoms with Crippen molar-refractivity contribution in [1.29, 1.82) is 0 Å². The summed E-state index contributed by atoms with van der Waals surface area (Å²) in [5.74, 6) is 0. The Morgan fingerprint density at radius 1 is 0.648 bits per heavy atom. The molecule has 2 atom stereocenters. The molecule has 0 N–H and O–H groups in total. The molecule has 4 aliphatic rings. The van der Waals surface area contributed by atoms with E-state index in [-0.39, 0.29) is 34.0 Å². The third-order valence-electron chi connectivity index (χ3n) is 14.3. The van der Waals surface area contributed by atoms with E-state index in [4.69, 9.17) is 4.42 Å². The van der Waals surface area contributed by atoms with Crippen molar-refractivity contribution in [3.05, 3.63) is 107 Å². The van der Waals surface area contributed by atoms with Gasteiger partial charge in [-0.25, -0.2) is 0 Å². The molecule has 0 bridgehead atoms. The molecule has 3 nitrogen and oxygen atoms in total. The lowest BCUT2D eigenvalue weighted by Crippen LogP contribution is -2.64. The van der Waals surface area contributed by atoms with Crippen molar-refractivity contribution in [2.75, 3.05) is 9.71 Å². The van der Waals surface area contributed by atoms with Crippen molar-refractivity contribution < 1.29 is 4.42 Å². The number of anilines is 4. The molecule has 54 heavy (non-hydrogen) atoms. The summed E-state index contributed by atoms with van der Waals surface area (Å²) < 4.78 is 7.03. The van der Waals surface area contributed by atoms with Gasteiger partial charge in [-0.3, -0.25) is 0 Å². The summed E-state index contributed by atoms with van der Waals surface area (Å²) in [6.07, 6.45) is 4.91. The third kappa shape index (κ3) is 4.37. The average Bonchev–Trinajstić information content (AvgIpc) is 3.58. The van der Waals surface area contributed by atoms with Gasteiger partial charge in [-0.15, -0.1) is 0 Å². The minimum Gasteiger partial charge on any atom is -0.455 e. The normalized spacial score (nSPS) is 21.7. The van der Waals surface area contributed by atoms with E-state index < -0.39 is 0 Å². The van der Waals surface area contributed by atoms with Crippen LogP contribution in [-0.4, -0.2) is 12.4 Å². The number of para-hydroxylation sites is 1. The number of rotatable bonds is 1. The minimum atomic E-state index is -0.0552. The van der Waals surface area contributed by atoms with Crippen molar-refractivity contribution in [1.82, 2.24) is 0 Å². The van der Waals surface area contributed by atoms with Gasteiger partial charge in [0.1, 0.15) is 11.2 Å². The molecule has 1 saturated carbocycles. The second-order valence-corrected chi connectivity index (χ2v) is 20.6. The highest BCUT2D eigenvalue weighted by molar-refractivity contribution is 6.94. The molecule has 274 valence electrons. The van der Waals surface area contributed by atoms with Crippen LogP contribution in [0.5, 0.6) is 0 Å². The van der Waals surface area contributed by atoms with Crippen LogP contribution in [0, 0.1) is 0 Å². The fourth-order valence-corrected chi connectivity index (χ4v) is 10.8. The number of benzene rings is 5. The standard InChI is InChI=1S/C50H55BN2O/c1-46(2,3)30-18-21-33(22-19-30)53-39-28-31(47(4,5)6)20-23-35(39)42-43-40(29-36-34-16-12-13-17-41(34)54-45(36)42)52-44-37(49(10)24-14-15-25-50(49,52)11)26-32(48(7,8)9)27-38(44)51(43)53/h12-13,16-23,26-29H,14-15,24-25H2,1-11H3. The third-order valence-corrected chi connectivity index (χ3v) is 14.3. The molecule has 1 aromatic heterocycles. The lowest BCUT2D eigenvalue weighted by molar-refractivity contribution is 0.195. The van der Waals surface area contributed by atoms with E-state index in [2.05, 4.69) is 171 Å². The Morgan fingerprint density at radius 3 is 2.02 bits per heavy atom. The SMILES string of the molecule is CC(C)(C)c1ccc(N2B3c4cc(C(C)(C)C)cc5c4N(c4cc6c(oc7ccccc76)c(c43)-c3ccc(C(C)(C)C)cc32)C2(C)CCCCC52C)cc1. The Balaban J connectivity index is 1.40. The van der Waals surface area contributed by atoms with Crippen LogP contribution in [0.25, 0.3) is 33.1 Å². The van der Waals surface area contributed by atoms with Crippen LogP contribution in [0.15, 0.2) is 89.3 Å². The molecule has 2 unspecified atom stereocenters. The first-order valence-electron chi connectivity index (χ1n) is 20.4. The zero-order chi connectivity index (χ0) is 37.9.